The highest BCUT2D eigenvalue weighted by Gasteiger charge is 2.24. The van der Waals surface area contributed by atoms with Gasteiger partial charge in [-0.25, -0.2) is 13.5 Å². The summed E-state index contributed by atoms with van der Waals surface area (Å²) in [4.78, 5) is 24.6. The Morgan fingerprint density at radius 1 is 1.31 bits per heavy atom. The van der Waals surface area contributed by atoms with Crippen LogP contribution in [0.25, 0.3) is 5.65 Å². The third kappa shape index (κ3) is 5.09. The molecule has 12 heteroatoms. The van der Waals surface area contributed by atoms with Crippen LogP contribution in [0.15, 0.2) is 29.3 Å². The number of nitrogens with zero attached hydrogens (tertiary/aromatic N) is 6. The summed E-state index contributed by atoms with van der Waals surface area (Å²) < 4.78 is 33.6. The summed E-state index contributed by atoms with van der Waals surface area (Å²) >= 11 is 0. The molecule has 0 aliphatic rings. The van der Waals surface area contributed by atoms with E-state index in [1.54, 1.807) is 26.0 Å². The molecule has 1 amide bonds. The molecule has 0 radical (unpaired) electrons. The van der Waals surface area contributed by atoms with Crippen molar-refractivity contribution in [2.75, 3.05) is 11.9 Å². The summed E-state index contributed by atoms with van der Waals surface area (Å²) in [6, 6.07) is 4.22. The second-order valence-corrected chi connectivity index (χ2v) is 6.80. The molecule has 10 nitrogen and oxygen atoms in total. The highest BCUT2D eigenvalue weighted by atomic mass is 19.3. The molecule has 0 aromatic carbocycles. The molecule has 1 N–H and O–H groups in total. The summed E-state index contributed by atoms with van der Waals surface area (Å²) in [5, 5.41) is 18.3. The lowest BCUT2D eigenvalue weighted by Crippen LogP contribution is -2.31. The summed E-state index contributed by atoms with van der Waals surface area (Å²) in [7, 11) is 0. The average Bonchev–Trinajstić information content (AvgIpc) is 3.08. The van der Waals surface area contributed by atoms with E-state index in [-0.39, 0.29) is 24.0 Å². The van der Waals surface area contributed by atoms with Gasteiger partial charge in [0.25, 0.3) is 11.5 Å². The fraction of sp³-hybridized carbons (Fsp3) is 0.412. The van der Waals surface area contributed by atoms with Gasteiger partial charge in [-0.3, -0.25) is 9.59 Å². The van der Waals surface area contributed by atoms with Gasteiger partial charge in [0.1, 0.15) is 24.3 Å². The first-order valence-electron chi connectivity index (χ1n) is 8.72. The van der Waals surface area contributed by atoms with Crippen molar-refractivity contribution in [3.8, 4) is 5.75 Å². The van der Waals surface area contributed by atoms with Gasteiger partial charge in [-0.15, -0.1) is 15.3 Å². The highest BCUT2D eigenvalue weighted by molar-refractivity contribution is 5.89. The largest absolute Gasteiger partial charge is 0.485 e. The lowest BCUT2D eigenvalue weighted by atomic mass is 10.1. The maximum Gasteiger partial charge on any atom is 0.278 e. The van der Waals surface area contributed by atoms with Crippen LogP contribution in [-0.2, 0) is 11.3 Å². The lowest BCUT2D eigenvalue weighted by molar-refractivity contribution is -0.117. The van der Waals surface area contributed by atoms with E-state index >= 15 is 0 Å². The van der Waals surface area contributed by atoms with Gasteiger partial charge in [-0.05, 0) is 12.1 Å². The number of halogens is 2. The first kappa shape index (κ1) is 20.3. The normalized spacial score (nSPS) is 11.8. The molecule has 0 saturated heterocycles. The molecule has 29 heavy (non-hydrogen) atoms. The number of hydrogen-bond acceptors (Lipinski definition) is 7. The van der Waals surface area contributed by atoms with Gasteiger partial charge in [0.05, 0.1) is 0 Å². The fourth-order valence-electron chi connectivity index (χ4n) is 2.44. The van der Waals surface area contributed by atoms with E-state index < -0.39 is 24.0 Å². The fourth-order valence-corrected chi connectivity index (χ4v) is 2.44. The van der Waals surface area contributed by atoms with E-state index in [0.717, 1.165) is 10.7 Å². The molecule has 0 bridgehead atoms. The number of nitrogens with one attached hydrogen (secondary N) is 1. The van der Waals surface area contributed by atoms with Gasteiger partial charge in [-0.2, -0.15) is 9.61 Å². The lowest BCUT2D eigenvalue weighted by Gasteiger charge is -2.17. The Morgan fingerprint density at radius 2 is 2.07 bits per heavy atom. The molecular weight excluding hydrogens is 388 g/mol. The van der Waals surface area contributed by atoms with Crippen LogP contribution in [0.1, 0.15) is 32.4 Å². The summed E-state index contributed by atoms with van der Waals surface area (Å²) in [5.74, 6) is -3.60. The third-order valence-corrected chi connectivity index (χ3v) is 3.74. The van der Waals surface area contributed by atoms with Crippen molar-refractivity contribution in [3.63, 3.8) is 0 Å². The van der Waals surface area contributed by atoms with E-state index in [1.165, 1.54) is 10.8 Å². The SMILES string of the molecule is CC(C)c1nn(CC(=O)Nc2ccc3nncn3n2)c(=O)cc1OCC(C)(F)F. The van der Waals surface area contributed by atoms with Crippen molar-refractivity contribution in [2.45, 2.75) is 39.2 Å². The molecule has 3 aromatic heterocycles. The molecule has 0 spiro atoms. The van der Waals surface area contributed by atoms with Crippen LogP contribution in [0.5, 0.6) is 5.75 Å². The third-order valence-electron chi connectivity index (χ3n) is 3.74. The van der Waals surface area contributed by atoms with E-state index in [1.807, 2.05) is 0 Å². The van der Waals surface area contributed by atoms with Crippen LogP contribution in [0.3, 0.4) is 0 Å². The van der Waals surface area contributed by atoms with Crippen LogP contribution in [-0.4, -0.2) is 48.0 Å². The Labute approximate surface area is 163 Å². The molecule has 154 valence electrons. The number of amides is 1. The number of carbonyl (C=O) groups is 1. The van der Waals surface area contributed by atoms with Crippen molar-refractivity contribution in [1.82, 2.24) is 29.6 Å². The van der Waals surface area contributed by atoms with Gasteiger partial charge in [0, 0.05) is 18.9 Å². The predicted molar refractivity (Wildman–Crippen MR) is 98.1 cm³/mol. The number of rotatable bonds is 7. The number of fused-ring (bicyclic) bond motifs is 1. The number of carbonyl (C=O) groups excluding carboxylic acids is 1. The zero-order chi connectivity index (χ0) is 21.2. The standard InChI is InChI=1S/C17H19F2N7O3/c1-10(2)16-11(29-8-17(3,18)19)6-15(28)25(24-16)7-14(27)21-12-4-5-13-22-20-9-26(13)23-12/h4-6,9-10H,7-8H2,1-3H3,(H,21,23,27). The number of ether oxygens (including phenoxy) is 1. The molecule has 3 aromatic rings. The van der Waals surface area contributed by atoms with Crippen LogP contribution < -0.4 is 15.6 Å². The quantitative estimate of drug-likeness (QED) is 0.630. The van der Waals surface area contributed by atoms with Crippen LogP contribution >= 0.6 is 0 Å². The van der Waals surface area contributed by atoms with E-state index in [2.05, 4.69) is 25.7 Å². The molecule has 0 aliphatic heterocycles. The van der Waals surface area contributed by atoms with Crippen molar-refractivity contribution in [3.05, 3.63) is 40.6 Å². The first-order valence-corrected chi connectivity index (χ1v) is 8.72. The number of alkyl halides is 2. The monoisotopic (exact) mass is 407 g/mol. The minimum absolute atomic E-state index is 0.0251. The Balaban J connectivity index is 1.77. The molecule has 3 heterocycles. The van der Waals surface area contributed by atoms with Crippen molar-refractivity contribution >= 4 is 17.4 Å². The zero-order valence-electron chi connectivity index (χ0n) is 16.0. The van der Waals surface area contributed by atoms with Gasteiger partial charge in [-0.1, -0.05) is 13.8 Å². The van der Waals surface area contributed by atoms with E-state index in [0.29, 0.717) is 18.3 Å². The first-order chi connectivity index (χ1) is 13.6. The average molecular weight is 407 g/mol. The summed E-state index contributed by atoms with van der Waals surface area (Å²) in [5.41, 5.74) is 0.155. The molecule has 0 aliphatic carbocycles. The second kappa shape index (κ2) is 7.89. The zero-order valence-corrected chi connectivity index (χ0v) is 16.0. The van der Waals surface area contributed by atoms with E-state index in [4.69, 9.17) is 4.74 Å². The molecule has 3 rings (SSSR count). The molecule has 0 saturated carbocycles. The molecule has 0 unspecified atom stereocenters. The summed E-state index contributed by atoms with van der Waals surface area (Å²) in [6.07, 6.45) is 1.38. The second-order valence-electron chi connectivity index (χ2n) is 6.80. The Kier molecular flexibility index (Phi) is 5.52. The van der Waals surface area contributed by atoms with Crippen LogP contribution in [0.4, 0.5) is 14.6 Å². The smallest absolute Gasteiger partial charge is 0.278 e. The Bertz CT molecular complexity index is 1090. The van der Waals surface area contributed by atoms with Gasteiger partial charge < -0.3 is 10.1 Å². The topological polar surface area (TPSA) is 116 Å². The maximum atomic E-state index is 13.1. The molecular formula is C17H19F2N7O3. The number of aromatic nitrogens is 6. The van der Waals surface area contributed by atoms with Crippen molar-refractivity contribution < 1.29 is 18.3 Å². The number of anilines is 1. The molecule has 0 fully saturated rings. The predicted octanol–water partition coefficient (Wildman–Crippen LogP) is 1.48. The summed E-state index contributed by atoms with van der Waals surface area (Å²) in [6.45, 7) is 2.99. The van der Waals surface area contributed by atoms with Gasteiger partial charge >= 0.3 is 0 Å². The van der Waals surface area contributed by atoms with Crippen LogP contribution in [0, 0.1) is 0 Å². The minimum Gasteiger partial charge on any atom is -0.485 e. The minimum atomic E-state index is -3.05. The maximum absolute atomic E-state index is 13.1. The highest BCUT2D eigenvalue weighted by Crippen LogP contribution is 2.24. The van der Waals surface area contributed by atoms with Crippen molar-refractivity contribution in [2.24, 2.45) is 0 Å². The van der Waals surface area contributed by atoms with E-state index in [9.17, 15) is 18.4 Å². The van der Waals surface area contributed by atoms with Crippen LogP contribution in [0.2, 0.25) is 0 Å². The Hall–Kier alpha value is -3.44. The van der Waals surface area contributed by atoms with Gasteiger partial charge in [0.15, 0.2) is 18.1 Å². The van der Waals surface area contributed by atoms with Crippen molar-refractivity contribution in [1.29, 1.82) is 0 Å². The number of hydrogen-bond donors (Lipinski definition) is 1. The molecule has 0 atom stereocenters. The van der Waals surface area contributed by atoms with Gasteiger partial charge in [0.2, 0.25) is 5.91 Å². The Morgan fingerprint density at radius 3 is 2.76 bits per heavy atom.